The van der Waals surface area contributed by atoms with E-state index < -0.39 is 22.7 Å². The van der Waals surface area contributed by atoms with Crippen LogP contribution < -0.4 is 14.8 Å². The van der Waals surface area contributed by atoms with Crippen molar-refractivity contribution in [3.05, 3.63) is 105 Å². The van der Waals surface area contributed by atoms with Gasteiger partial charge in [0.1, 0.15) is 18.1 Å². The van der Waals surface area contributed by atoms with E-state index in [-0.39, 0.29) is 30.1 Å². The molecule has 1 saturated heterocycles. The number of benzene rings is 3. The highest BCUT2D eigenvalue weighted by Crippen LogP contribution is 2.31. The van der Waals surface area contributed by atoms with E-state index in [4.69, 9.17) is 9.47 Å². The van der Waals surface area contributed by atoms with Crippen LogP contribution in [-0.2, 0) is 17.9 Å². The van der Waals surface area contributed by atoms with Gasteiger partial charge in [-0.3, -0.25) is 19.8 Å². The highest BCUT2D eigenvalue weighted by Gasteiger charge is 2.34. The van der Waals surface area contributed by atoms with Gasteiger partial charge in [0.25, 0.3) is 11.6 Å². The third-order valence-electron chi connectivity index (χ3n) is 5.34. The molecule has 0 atom stereocenters. The zero-order valence-corrected chi connectivity index (χ0v) is 19.3. The monoisotopic (exact) mass is 491 g/mol. The number of urea groups is 1. The Morgan fingerprint density at radius 2 is 1.83 bits per heavy atom. The Bertz CT molecular complexity index is 1360. The average Bonchev–Trinajstić information content (AvgIpc) is 3.12. The number of halogens is 1. The molecule has 10 heteroatoms. The number of hydrogen-bond donors (Lipinski definition) is 1. The third kappa shape index (κ3) is 5.49. The lowest BCUT2D eigenvalue weighted by molar-refractivity contribution is -0.384. The van der Waals surface area contributed by atoms with E-state index in [0.717, 1.165) is 4.90 Å². The molecule has 0 saturated carbocycles. The van der Waals surface area contributed by atoms with Crippen molar-refractivity contribution in [1.82, 2.24) is 10.2 Å². The normalized spacial score (nSPS) is 14.2. The Kier molecular flexibility index (Phi) is 7.24. The fraction of sp³-hybridized carbons (Fsp3) is 0.154. The van der Waals surface area contributed by atoms with Crippen LogP contribution in [0.4, 0.5) is 14.9 Å². The molecule has 9 nitrogen and oxygen atoms in total. The topological polar surface area (TPSA) is 111 Å². The number of ether oxygens (including phenoxy) is 2. The summed E-state index contributed by atoms with van der Waals surface area (Å²) in [6.07, 6.45) is 1.49. The molecule has 36 heavy (non-hydrogen) atoms. The Hall–Kier alpha value is -4.73. The van der Waals surface area contributed by atoms with Crippen LogP contribution in [0.15, 0.2) is 72.4 Å². The van der Waals surface area contributed by atoms with Crippen LogP contribution in [0.3, 0.4) is 0 Å². The first-order chi connectivity index (χ1) is 17.4. The smallest absolute Gasteiger partial charge is 0.329 e. The van der Waals surface area contributed by atoms with Crippen LogP contribution in [0.2, 0.25) is 0 Å². The van der Waals surface area contributed by atoms with Crippen molar-refractivity contribution in [3.63, 3.8) is 0 Å². The van der Waals surface area contributed by atoms with Crippen LogP contribution in [-0.4, -0.2) is 28.4 Å². The Balaban J connectivity index is 1.51. The van der Waals surface area contributed by atoms with Gasteiger partial charge in [0.05, 0.1) is 18.1 Å². The molecule has 3 amide bonds. The van der Waals surface area contributed by atoms with Gasteiger partial charge in [-0.1, -0.05) is 36.4 Å². The van der Waals surface area contributed by atoms with E-state index in [0.29, 0.717) is 29.2 Å². The van der Waals surface area contributed by atoms with Gasteiger partial charge < -0.3 is 14.8 Å². The van der Waals surface area contributed by atoms with Gasteiger partial charge in [-0.15, -0.1) is 0 Å². The lowest BCUT2D eigenvalue weighted by Gasteiger charge is -2.13. The summed E-state index contributed by atoms with van der Waals surface area (Å²) in [6.45, 7) is 2.04. The summed E-state index contributed by atoms with van der Waals surface area (Å²) in [5, 5.41) is 13.5. The number of carbonyl (C=O) groups is 2. The van der Waals surface area contributed by atoms with Crippen molar-refractivity contribution >= 4 is 23.7 Å². The van der Waals surface area contributed by atoms with Crippen molar-refractivity contribution in [1.29, 1.82) is 0 Å². The largest absolute Gasteiger partial charge is 0.490 e. The molecule has 0 aliphatic carbocycles. The zero-order chi connectivity index (χ0) is 25.7. The molecule has 1 fully saturated rings. The van der Waals surface area contributed by atoms with Crippen LogP contribution >= 0.6 is 0 Å². The van der Waals surface area contributed by atoms with Gasteiger partial charge in [0.15, 0.2) is 11.5 Å². The molecule has 1 aliphatic heterocycles. The number of nitrogens with one attached hydrogen (secondary N) is 1. The molecular weight excluding hydrogens is 469 g/mol. The standard InChI is InChI=1S/C26H22FN3O6/c1-2-35-24-14-17(10-11-23(24)36-16-18-6-5-8-20(12-18)30(33)34)13-22-25(31)29(26(32)28-22)15-19-7-3-4-9-21(19)27/h3-14H,2,15-16H2,1H3,(H,28,32)/b22-13+. The van der Waals surface area contributed by atoms with Gasteiger partial charge in [-0.2, -0.15) is 0 Å². The van der Waals surface area contributed by atoms with Gasteiger partial charge in [-0.05, 0) is 42.3 Å². The number of amides is 3. The van der Waals surface area contributed by atoms with Crippen molar-refractivity contribution in [3.8, 4) is 11.5 Å². The molecule has 0 bridgehead atoms. The molecule has 3 aromatic rings. The summed E-state index contributed by atoms with van der Waals surface area (Å²) < 4.78 is 25.5. The molecule has 0 aromatic heterocycles. The van der Waals surface area contributed by atoms with Crippen LogP contribution in [0.1, 0.15) is 23.6 Å². The van der Waals surface area contributed by atoms with Crippen LogP contribution in [0, 0.1) is 15.9 Å². The second-order valence-corrected chi connectivity index (χ2v) is 7.83. The first-order valence-electron chi connectivity index (χ1n) is 11.1. The maximum atomic E-state index is 14.0. The average molecular weight is 491 g/mol. The highest BCUT2D eigenvalue weighted by atomic mass is 19.1. The maximum Gasteiger partial charge on any atom is 0.329 e. The minimum Gasteiger partial charge on any atom is -0.490 e. The van der Waals surface area contributed by atoms with Crippen molar-refractivity contribution in [2.45, 2.75) is 20.1 Å². The number of hydrogen-bond acceptors (Lipinski definition) is 6. The minimum atomic E-state index is -0.642. The summed E-state index contributed by atoms with van der Waals surface area (Å²) in [4.78, 5) is 36.6. The highest BCUT2D eigenvalue weighted by molar-refractivity contribution is 6.13. The quantitative estimate of drug-likeness (QED) is 0.199. The number of nitro benzene ring substituents is 1. The molecule has 4 rings (SSSR count). The molecule has 1 aliphatic rings. The summed E-state index contributed by atoms with van der Waals surface area (Å²) in [5.41, 5.74) is 1.43. The van der Waals surface area contributed by atoms with E-state index in [1.807, 2.05) is 0 Å². The second kappa shape index (κ2) is 10.7. The zero-order valence-electron chi connectivity index (χ0n) is 19.3. The van der Waals surface area contributed by atoms with Crippen molar-refractivity contribution in [2.24, 2.45) is 0 Å². The molecule has 0 radical (unpaired) electrons. The van der Waals surface area contributed by atoms with E-state index in [9.17, 15) is 24.1 Å². The number of carbonyl (C=O) groups excluding carboxylic acids is 2. The number of non-ortho nitro benzene ring substituents is 1. The summed E-state index contributed by atoms with van der Waals surface area (Å²) in [5.74, 6) is -0.268. The molecular formula is C26H22FN3O6. The maximum absolute atomic E-state index is 14.0. The number of nitro groups is 1. The summed E-state index contributed by atoms with van der Waals surface area (Å²) in [7, 11) is 0. The van der Waals surface area contributed by atoms with E-state index in [1.54, 1.807) is 43.3 Å². The first kappa shape index (κ1) is 24.4. The van der Waals surface area contributed by atoms with Crippen molar-refractivity contribution in [2.75, 3.05) is 6.61 Å². The lowest BCUT2D eigenvalue weighted by atomic mass is 10.1. The van der Waals surface area contributed by atoms with Crippen LogP contribution in [0.25, 0.3) is 6.08 Å². The predicted octanol–water partition coefficient (Wildman–Crippen LogP) is 4.80. The molecule has 3 aromatic carbocycles. The number of rotatable bonds is 9. The SMILES string of the molecule is CCOc1cc(/C=C2/NC(=O)N(Cc3ccccc3F)C2=O)ccc1OCc1cccc([N+](=O)[O-])c1. The molecule has 1 heterocycles. The molecule has 0 unspecified atom stereocenters. The minimum absolute atomic E-state index is 0.0320. The predicted molar refractivity (Wildman–Crippen MR) is 128 cm³/mol. The Morgan fingerprint density at radius 3 is 2.58 bits per heavy atom. The van der Waals surface area contributed by atoms with Gasteiger partial charge >= 0.3 is 6.03 Å². The number of nitrogens with zero attached hydrogens (tertiary/aromatic N) is 2. The molecule has 184 valence electrons. The fourth-order valence-electron chi connectivity index (χ4n) is 3.60. The van der Waals surface area contributed by atoms with E-state index >= 15 is 0 Å². The summed E-state index contributed by atoms with van der Waals surface area (Å²) in [6, 6.07) is 16.4. The Morgan fingerprint density at radius 1 is 1.03 bits per heavy atom. The fourth-order valence-corrected chi connectivity index (χ4v) is 3.60. The van der Waals surface area contributed by atoms with Crippen molar-refractivity contribution < 1.29 is 28.4 Å². The van der Waals surface area contributed by atoms with Crippen LogP contribution in [0.5, 0.6) is 11.5 Å². The molecule has 0 spiro atoms. The third-order valence-corrected chi connectivity index (χ3v) is 5.34. The summed E-state index contributed by atoms with van der Waals surface area (Å²) >= 11 is 0. The first-order valence-corrected chi connectivity index (χ1v) is 11.1. The lowest BCUT2D eigenvalue weighted by Crippen LogP contribution is -2.30. The number of imide groups is 1. The van der Waals surface area contributed by atoms with Gasteiger partial charge in [-0.25, -0.2) is 9.18 Å². The molecule has 1 N–H and O–H groups in total. The van der Waals surface area contributed by atoms with E-state index in [1.165, 1.54) is 36.4 Å². The Labute approximate surface area is 205 Å². The van der Waals surface area contributed by atoms with Gasteiger partial charge in [0, 0.05) is 17.7 Å². The van der Waals surface area contributed by atoms with E-state index in [2.05, 4.69) is 5.32 Å². The second-order valence-electron chi connectivity index (χ2n) is 7.83. The van der Waals surface area contributed by atoms with Gasteiger partial charge in [0.2, 0.25) is 0 Å².